The third-order valence-corrected chi connectivity index (χ3v) is 4.01. The minimum Gasteiger partial charge on any atom is -0.321 e. The van der Waals surface area contributed by atoms with Crippen LogP contribution in [0.1, 0.15) is 11.1 Å². The first-order valence-electron chi connectivity index (χ1n) is 7.41. The Hall–Kier alpha value is -2.98. The lowest BCUT2D eigenvalue weighted by Crippen LogP contribution is -2.03. The monoisotopic (exact) mass is 333 g/mol. The van der Waals surface area contributed by atoms with Crippen LogP contribution >= 0.6 is 11.6 Å². The summed E-state index contributed by atoms with van der Waals surface area (Å²) >= 11 is 5.96. The molecule has 1 aromatic heterocycles. The smallest absolute Gasteiger partial charge is 0.256 e. The van der Waals surface area contributed by atoms with E-state index in [1.54, 1.807) is 30.6 Å². The number of benzene rings is 2. The van der Waals surface area contributed by atoms with Crippen LogP contribution < -0.4 is 5.32 Å². The topological polar surface area (TPSA) is 54.9 Å². The molecule has 0 saturated carbocycles. The molecule has 1 N–H and O–H groups in total. The van der Waals surface area contributed by atoms with E-state index < -0.39 is 0 Å². The van der Waals surface area contributed by atoms with Crippen molar-refractivity contribution in [3.05, 3.63) is 77.1 Å². The molecule has 0 unspecified atom stereocenters. The van der Waals surface area contributed by atoms with Gasteiger partial charge in [-0.15, -0.1) is 0 Å². The highest BCUT2D eigenvalue weighted by Crippen LogP contribution is 2.34. The zero-order valence-corrected chi connectivity index (χ0v) is 13.3. The number of fused-ring (bicyclic) bond motifs is 1. The Kier molecular flexibility index (Phi) is 3.59. The molecule has 1 aliphatic heterocycles. The maximum atomic E-state index is 12.2. The summed E-state index contributed by atoms with van der Waals surface area (Å²) in [5.41, 5.74) is 3.85. The summed E-state index contributed by atoms with van der Waals surface area (Å²) in [6, 6.07) is 15.1. The Labute approximate surface area is 143 Å². The summed E-state index contributed by atoms with van der Waals surface area (Å²) in [5, 5.41) is 3.40. The van der Waals surface area contributed by atoms with Crippen molar-refractivity contribution >= 4 is 34.8 Å². The van der Waals surface area contributed by atoms with Gasteiger partial charge in [-0.2, -0.15) is 0 Å². The van der Waals surface area contributed by atoms with Gasteiger partial charge in [-0.1, -0.05) is 48.0 Å². The predicted octanol–water partition coefficient (Wildman–Crippen LogP) is 4.29. The van der Waals surface area contributed by atoms with Gasteiger partial charge < -0.3 is 5.32 Å². The van der Waals surface area contributed by atoms with Crippen LogP contribution in [0.3, 0.4) is 0 Å². The van der Waals surface area contributed by atoms with Crippen LogP contribution in [0.2, 0.25) is 5.02 Å². The fraction of sp³-hybridized carbons (Fsp3) is 0. The van der Waals surface area contributed by atoms with E-state index in [4.69, 9.17) is 11.6 Å². The molecule has 1 aliphatic rings. The molecule has 0 atom stereocenters. The number of nitrogens with one attached hydrogen (secondary N) is 1. The Morgan fingerprint density at radius 3 is 2.50 bits per heavy atom. The molecule has 5 heteroatoms. The molecule has 0 spiro atoms. The molecule has 2 heterocycles. The lowest BCUT2D eigenvalue weighted by Gasteiger charge is -2.01. The predicted molar refractivity (Wildman–Crippen MR) is 95.4 cm³/mol. The molecule has 0 fully saturated rings. The SMILES string of the molecule is O=C1Nc2cc(Cl)ccc2C1=Cc1cnc(-c2ccccc2)nc1. The number of carbonyl (C=O) groups is 1. The van der Waals surface area contributed by atoms with Gasteiger partial charge in [0.05, 0.1) is 5.69 Å². The molecule has 24 heavy (non-hydrogen) atoms. The summed E-state index contributed by atoms with van der Waals surface area (Å²) in [4.78, 5) is 20.9. The van der Waals surface area contributed by atoms with Crippen molar-refractivity contribution in [1.82, 2.24) is 9.97 Å². The number of hydrogen-bond donors (Lipinski definition) is 1. The molecule has 1 amide bonds. The molecular formula is C19H12ClN3O. The van der Waals surface area contributed by atoms with Gasteiger partial charge in [0, 0.05) is 39.7 Å². The molecule has 3 aromatic rings. The zero-order valence-electron chi connectivity index (χ0n) is 12.5. The van der Waals surface area contributed by atoms with Gasteiger partial charge in [0.15, 0.2) is 5.82 Å². The molecule has 0 saturated heterocycles. The van der Waals surface area contributed by atoms with Gasteiger partial charge in [0.2, 0.25) is 0 Å². The van der Waals surface area contributed by atoms with Gasteiger partial charge in [0.1, 0.15) is 0 Å². The van der Waals surface area contributed by atoms with Crippen LogP contribution in [0.15, 0.2) is 60.9 Å². The van der Waals surface area contributed by atoms with E-state index >= 15 is 0 Å². The van der Waals surface area contributed by atoms with Gasteiger partial charge in [-0.05, 0) is 18.2 Å². The maximum Gasteiger partial charge on any atom is 0.256 e. The standard InChI is InChI=1S/C19H12ClN3O/c20-14-6-7-15-16(19(24)23-17(15)9-14)8-12-10-21-18(22-11-12)13-4-2-1-3-5-13/h1-11H,(H,23,24). The van der Waals surface area contributed by atoms with Crippen molar-refractivity contribution < 1.29 is 4.79 Å². The Bertz CT molecular complexity index is 950. The first-order chi connectivity index (χ1) is 11.7. The number of amides is 1. The summed E-state index contributed by atoms with van der Waals surface area (Å²) in [5.74, 6) is 0.500. The second-order valence-corrected chi connectivity index (χ2v) is 5.84. The number of carbonyl (C=O) groups excluding carboxylic acids is 1. The highest BCUT2D eigenvalue weighted by molar-refractivity contribution is 6.36. The molecule has 116 valence electrons. The van der Waals surface area contributed by atoms with Gasteiger partial charge in [-0.3, -0.25) is 4.79 Å². The van der Waals surface area contributed by atoms with Gasteiger partial charge >= 0.3 is 0 Å². The van der Waals surface area contributed by atoms with Crippen LogP contribution in [-0.2, 0) is 4.79 Å². The quantitative estimate of drug-likeness (QED) is 0.712. The maximum absolute atomic E-state index is 12.2. The number of anilines is 1. The van der Waals surface area contributed by atoms with E-state index in [-0.39, 0.29) is 5.91 Å². The average molecular weight is 334 g/mol. The molecule has 0 bridgehead atoms. The third-order valence-electron chi connectivity index (χ3n) is 3.78. The zero-order chi connectivity index (χ0) is 16.5. The molecule has 4 rings (SSSR count). The highest BCUT2D eigenvalue weighted by Gasteiger charge is 2.24. The van der Waals surface area contributed by atoms with E-state index in [2.05, 4.69) is 15.3 Å². The van der Waals surface area contributed by atoms with E-state index in [1.807, 2.05) is 36.4 Å². The van der Waals surface area contributed by atoms with Crippen molar-refractivity contribution in [3.63, 3.8) is 0 Å². The van der Waals surface area contributed by atoms with Crippen LogP contribution in [0.5, 0.6) is 0 Å². The number of nitrogens with zero attached hydrogens (tertiary/aromatic N) is 2. The van der Waals surface area contributed by atoms with Crippen molar-refractivity contribution in [2.24, 2.45) is 0 Å². The molecule has 4 nitrogen and oxygen atoms in total. The lowest BCUT2D eigenvalue weighted by molar-refractivity contribution is -0.110. The largest absolute Gasteiger partial charge is 0.321 e. The summed E-state index contributed by atoms with van der Waals surface area (Å²) in [6.45, 7) is 0. The van der Waals surface area contributed by atoms with Crippen LogP contribution in [-0.4, -0.2) is 15.9 Å². The fourth-order valence-electron chi connectivity index (χ4n) is 2.63. The Balaban J connectivity index is 1.68. The van der Waals surface area contributed by atoms with E-state index in [0.717, 1.165) is 22.4 Å². The second kappa shape index (κ2) is 5.91. The Morgan fingerprint density at radius 2 is 1.75 bits per heavy atom. The van der Waals surface area contributed by atoms with Crippen molar-refractivity contribution in [1.29, 1.82) is 0 Å². The minimum atomic E-state index is -0.153. The number of aromatic nitrogens is 2. The molecular weight excluding hydrogens is 322 g/mol. The lowest BCUT2D eigenvalue weighted by atomic mass is 10.1. The van der Waals surface area contributed by atoms with E-state index in [9.17, 15) is 4.79 Å². The fourth-order valence-corrected chi connectivity index (χ4v) is 2.80. The first-order valence-corrected chi connectivity index (χ1v) is 7.79. The van der Waals surface area contributed by atoms with Crippen molar-refractivity contribution in [2.45, 2.75) is 0 Å². The summed E-state index contributed by atoms with van der Waals surface area (Å²) in [6.07, 6.45) is 5.21. The Morgan fingerprint density at radius 1 is 1.00 bits per heavy atom. The van der Waals surface area contributed by atoms with Crippen molar-refractivity contribution in [3.8, 4) is 11.4 Å². The summed E-state index contributed by atoms with van der Waals surface area (Å²) < 4.78 is 0. The number of halogens is 1. The normalized spacial score (nSPS) is 14.5. The van der Waals surface area contributed by atoms with Crippen LogP contribution in [0.4, 0.5) is 5.69 Å². The minimum absolute atomic E-state index is 0.153. The average Bonchev–Trinajstić information content (AvgIpc) is 2.91. The number of hydrogen-bond acceptors (Lipinski definition) is 3. The van der Waals surface area contributed by atoms with Crippen LogP contribution in [0.25, 0.3) is 23.0 Å². The molecule has 2 aromatic carbocycles. The van der Waals surface area contributed by atoms with E-state index in [0.29, 0.717) is 16.4 Å². The van der Waals surface area contributed by atoms with Gasteiger partial charge in [0.25, 0.3) is 5.91 Å². The van der Waals surface area contributed by atoms with Crippen molar-refractivity contribution in [2.75, 3.05) is 5.32 Å². The van der Waals surface area contributed by atoms with E-state index in [1.165, 1.54) is 0 Å². The molecule has 0 aliphatic carbocycles. The first kappa shape index (κ1) is 14.6. The summed E-state index contributed by atoms with van der Waals surface area (Å²) in [7, 11) is 0. The van der Waals surface area contributed by atoms with Crippen LogP contribution in [0, 0.1) is 0 Å². The second-order valence-electron chi connectivity index (χ2n) is 5.41. The third kappa shape index (κ3) is 2.68. The highest BCUT2D eigenvalue weighted by atomic mass is 35.5. The van der Waals surface area contributed by atoms with Gasteiger partial charge in [-0.25, -0.2) is 9.97 Å². The molecule has 0 radical (unpaired) electrons. The number of rotatable bonds is 2.